The standard InChI is InChI=1S/C19H21N3O3/c23-18(10-9-17-4-2-12-25-17)21-15-7-5-14(6-8-15)19(24)22-16-3-1-11-20-13-16/h1,3,5-8,11,13,17H,2,4,9-10,12H2,(H,21,23)(H,22,24)/t17-/m0/s1. The van der Waals surface area contributed by atoms with Crippen LogP contribution in [0.2, 0.25) is 0 Å². The minimum absolute atomic E-state index is 0.0388. The second-order valence-corrected chi connectivity index (χ2v) is 6.00. The van der Waals surface area contributed by atoms with Gasteiger partial charge in [0, 0.05) is 30.5 Å². The fraction of sp³-hybridized carbons (Fsp3) is 0.316. The fourth-order valence-electron chi connectivity index (χ4n) is 2.73. The Labute approximate surface area is 146 Å². The highest BCUT2D eigenvalue weighted by Crippen LogP contribution is 2.18. The average molecular weight is 339 g/mol. The van der Waals surface area contributed by atoms with Crippen LogP contribution in [0.25, 0.3) is 0 Å². The molecule has 0 bridgehead atoms. The van der Waals surface area contributed by atoms with Crippen molar-refractivity contribution in [1.82, 2.24) is 4.98 Å². The molecule has 0 unspecified atom stereocenters. The van der Waals surface area contributed by atoms with E-state index in [2.05, 4.69) is 15.6 Å². The molecule has 1 aromatic heterocycles. The van der Waals surface area contributed by atoms with E-state index in [4.69, 9.17) is 4.74 Å². The van der Waals surface area contributed by atoms with Crippen LogP contribution in [0, 0.1) is 0 Å². The highest BCUT2D eigenvalue weighted by atomic mass is 16.5. The van der Waals surface area contributed by atoms with Crippen LogP contribution in [0.3, 0.4) is 0 Å². The van der Waals surface area contributed by atoms with Crippen LogP contribution in [0.1, 0.15) is 36.0 Å². The number of pyridine rings is 1. The maximum atomic E-state index is 12.2. The van der Waals surface area contributed by atoms with Gasteiger partial charge in [-0.1, -0.05) is 0 Å². The van der Waals surface area contributed by atoms with Gasteiger partial charge in [0.05, 0.1) is 18.0 Å². The van der Waals surface area contributed by atoms with Crippen molar-refractivity contribution >= 4 is 23.2 Å². The van der Waals surface area contributed by atoms with Crippen LogP contribution in [-0.4, -0.2) is 29.5 Å². The molecule has 2 amide bonds. The number of anilines is 2. The SMILES string of the molecule is O=C(CC[C@@H]1CCCO1)Nc1ccc(C(=O)Nc2cccnc2)cc1. The molecule has 1 atom stereocenters. The number of ether oxygens (including phenoxy) is 1. The molecule has 1 aromatic carbocycles. The molecule has 2 N–H and O–H groups in total. The van der Waals surface area contributed by atoms with Crippen molar-refractivity contribution in [1.29, 1.82) is 0 Å². The summed E-state index contributed by atoms with van der Waals surface area (Å²) in [6, 6.07) is 10.3. The Kier molecular flexibility index (Phi) is 5.74. The van der Waals surface area contributed by atoms with Gasteiger partial charge in [0.15, 0.2) is 0 Å². The smallest absolute Gasteiger partial charge is 0.255 e. The molecule has 0 aliphatic carbocycles. The van der Waals surface area contributed by atoms with Crippen LogP contribution in [0.15, 0.2) is 48.8 Å². The van der Waals surface area contributed by atoms with Crippen LogP contribution in [0.5, 0.6) is 0 Å². The van der Waals surface area contributed by atoms with Gasteiger partial charge < -0.3 is 15.4 Å². The van der Waals surface area contributed by atoms with Gasteiger partial charge in [-0.25, -0.2) is 0 Å². The van der Waals surface area contributed by atoms with Gasteiger partial charge in [-0.3, -0.25) is 14.6 Å². The second-order valence-electron chi connectivity index (χ2n) is 6.00. The zero-order valence-corrected chi connectivity index (χ0v) is 13.9. The molecule has 1 aliphatic rings. The minimum atomic E-state index is -0.218. The molecule has 130 valence electrons. The molecule has 1 saturated heterocycles. The lowest BCUT2D eigenvalue weighted by Crippen LogP contribution is -2.15. The van der Waals surface area contributed by atoms with Crippen molar-refractivity contribution in [3.63, 3.8) is 0 Å². The van der Waals surface area contributed by atoms with Crippen molar-refractivity contribution in [2.75, 3.05) is 17.2 Å². The average Bonchev–Trinajstić information content (AvgIpc) is 3.15. The van der Waals surface area contributed by atoms with E-state index in [9.17, 15) is 9.59 Å². The molecular weight excluding hydrogens is 318 g/mol. The molecule has 25 heavy (non-hydrogen) atoms. The third-order valence-corrected chi connectivity index (χ3v) is 4.07. The normalized spacial score (nSPS) is 16.4. The molecule has 6 nitrogen and oxygen atoms in total. The molecule has 1 aliphatic heterocycles. The summed E-state index contributed by atoms with van der Waals surface area (Å²) in [6.45, 7) is 0.800. The van der Waals surface area contributed by atoms with E-state index in [0.717, 1.165) is 25.9 Å². The minimum Gasteiger partial charge on any atom is -0.378 e. The Morgan fingerprint density at radius 3 is 2.64 bits per heavy atom. The topological polar surface area (TPSA) is 80.3 Å². The Balaban J connectivity index is 1.49. The van der Waals surface area contributed by atoms with E-state index >= 15 is 0 Å². The zero-order chi connectivity index (χ0) is 17.5. The van der Waals surface area contributed by atoms with Crippen molar-refractivity contribution in [3.8, 4) is 0 Å². The van der Waals surface area contributed by atoms with Gasteiger partial charge in [-0.2, -0.15) is 0 Å². The number of hydrogen-bond donors (Lipinski definition) is 2. The van der Waals surface area contributed by atoms with Gasteiger partial charge in [-0.15, -0.1) is 0 Å². The number of carbonyl (C=O) groups excluding carboxylic acids is 2. The Bertz CT molecular complexity index is 710. The predicted molar refractivity (Wildman–Crippen MR) is 95.5 cm³/mol. The molecular formula is C19H21N3O3. The molecule has 3 rings (SSSR count). The lowest BCUT2D eigenvalue weighted by Gasteiger charge is -2.10. The summed E-state index contributed by atoms with van der Waals surface area (Å²) in [5.74, 6) is -0.257. The van der Waals surface area contributed by atoms with Gasteiger partial charge in [0.2, 0.25) is 5.91 Å². The van der Waals surface area contributed by atoms with Gasteiger partial charge in [0.25, 0.3) is 5.91 Å². The maximum absolute atomic E-state index is 12.2. The van der Waals surface area contributed by atoms with E-state index in [1.165, 1.54) is 0 Å². The number of benzene rings is 1. The van der Waals surface area contributed by atoms with Crippen molar-refractivity contribution in [2.45, 2.75) is 31.8 Å². The maximum Gasteiger partial charge on any atom is 0.255 e. The number of amides is 2. The first-order valence-electron chi connectivity index (χ1n) is 8.43. The summed E-state index contributed by atoms with van der Waals surface area (Å²) >= 11 is 0. The first-order chi connectivity index (χ1) is 12.2. The molecule has 6 heteroatoms. The molecule has 2 heterocycles. The third-order valence-electron chi connectivity index (χ3n) is 4.07. The largest absolute Gasteiger partial charge is 0.378 e. The summed E-state index contributed by atoms with van der Waals surface area (Å²) in [5, 5.41) is 5.61. The van der Waals surface area contributed by atoms with Gasteiger partial charge in [0.1, 0.15) is 0 Å². The summed E-state index contributed by atoms with van der Waals surface area (Å²) in [7, 11) is 0. The lowest BCUT2D eigenvalue weighted by molar-refractivity contribution is -0.116. The zero-order valence-electron chi connectivity index (χ0n) is 13.9. The molecule has 2 aromatic rings. The molecule has 0 saturated carbocycles. The first kappa shape index (κ1) is 17.1. The van der Waals surface area contributed by atoms with Crippen LogP contribution in [0.4, 0.5) is 11.4 Å². The van der Waals surface area contributed by atoms with Crippen molar-refractivity contribution in [2.24, 2.45) is 0 Å². The third kappa shape index (κ3) is 5.12. The summed E-state index contributed by atoms with van der Waals surface area (Å²) in [5.41, 5.74) is 1.83. The first-order valence-corrected chi connectivity index (χ1v) is 8.43. The Morgan fingerprint density at radius 2 is 1.96 bits per heavy atom. The fourth-order valence-corrected chi connectivity index (χ4v) is 2.73. The van der Waals surface area contributed by atoms with Gasteiger partial charge in [-0.05, 0) is 55.7 Å². The summed E-state index contributed by atoms with van der Waals surface area (Å²) in [6.07, 6.45) is 6.74. The van der Waals surface area contributed by atoms with E-state index in [1.807, 2.05) is 0 Å². The van der Waals surface area contributed by atoms with Crippen LogP contribution in [-0.2, 0) is 9.53 Å². The van der Waals surface area contributed by atoms with Crippen LogP contribution >= 0.6 is 0 Å². The van der Waals surface area contributed by atoms with E-state index < -0.39 is 0 Å². The van der Waals surface area contributed by atoms with E-state index in [0.29, 0.717) is 23.4 Å². The number of nitrogens with zero attached hydrogens (tertiary/aromatic N) is 1. The number of carbonyl (C=O) groups is 2. The lowest BCUT2D eigenvalue weighted by atomic mass is 10.1. The number of rotatable bonds is 6. The monoisotopic (exact) mass is 339 g/mol. The highest BCUT2D eigenvalue weighted by molar-refractivity contribution is 6.04. The highest BCUT2D eigenvalue weighted by Gasteiger charge is 2.16. The van der Waals surface area contributed by atoms with Crippen molar-refractivity contribution < 1.29 is 14.3 Å². The van der Waals surface area contributed by atoms with E-state index in [1.54, 1.807) is 48.8 Å². The molecule has 1 fully saturated rings. The Morgan fingerprint density at radius 1 is 1.12 bits per heavy atom. The van der Waals surface area contributed by atoms with Gasteiger partial charge >= 0.3 is 0 Å². The Hall–Kier alpha value is -2.73. The summed E-state index contributed by atoms with van der Waals surface area (Å²) < 4.78 is 5.52. The number of aromatic nitrogens is 1. The molecule has 0 spiro atoms. The van der Waals surface area contributed by atoms with Crippen molar-refractivity contribution in [3.05, 3.63) is 54.4 Å². The number of hydrogen-bond acceptors (Lipinski definition) is 4. The predicted octanol–water partition coefficient (Wildman–Crippen LogP) is 3.23. The van der Waals surface area contributed by atoms with E-state index in [-0.39, 0.29) is 17.9 Å². The molecule has 0 radical (unpaired) electrons. The quantitative estimate of drug-likeness (QED) is 0.847. The summed E-state index contributed by atoms with van der Waals surface area (Å²) in [4.78, 5) is 28.1. The van der Waals surface area contributed by atoms with Crippen LogP contribution < -0.4 is 10.6 Å². The second kappa shape index (κ2) is 8.39. The number of nitrogens with one attached hydrogen (secondary N) is 2.